The second-order valence-electron chi connectivity index (χ2n) is 6.69. The summed E-state index contributed by atoms with van der Waals surface area (Å²) in [7, 11) is 0. The van der Waals surface area contributed by atoms with Gasteiger partial charge in [-0.25, -0.2) is 0 Å². The molecule has 27 heavy (non-hydrogen) atoms. The van der Waals surface area contributed by atoms with Crippen molar-refractivity contribution < 1.29 is 4.74 Å². The molecule has 0 spiro atoms. The topological polar surface area (TPSA) is 43.2 Å². The highest BCUT2D eigenvalue weighted by atomic mass is 35.5. The lowest BCUT2D eigenvalue weighted by atomic mass is 10.1. The highest BCUT2D eigenvalue weighted by molar-refractivity contribution is 6.33. The lowest BCUT2D eigenvalue weighted by Crippen LogP contribution is -2.37. The first-order chi connectivity index (χ1) is 13.3. The van der Waals surface area contributed by atoms with Gasteiger partial charge in [-0.2, -0.15) is 5.10 Å². The molecule has 140 valence electrons. The average Bonchev–Trinajstić information content (AvgIpc) is 3.18. The van der Waals surface area contributed by atoms with E-state index in [2.05, 4.69) is 34.3 Å². The Hall–Kier alpha value is -2.21. The summed E-state index contributed by atoms with van der Waals surface area (Å²) in [5.41, 5.74) is 3.84. The fraction of sp³-hybridized carbons (Fsp3) is 0.333. The second-order valence-corrected chi connectivity index (χ2v) is 7.09. The minimum Gasteiger partial charge on any atom is -0.379 e. The van der Waals surface area contributed by atoms with Crippen LogP contribution in [0.5, 0.6) is 0 Å². The number of rotatable bonds is 6. The van der Waals surface area contributed by atoms with Gasteiger partial charge in [-0.1, -0.05) is 29.8 Å². The highest BCUT2D eigenvalue weighted by Gasteiger charge is 2.10. The maximum absolute atomic E-state index is 6.29. The van der Waals surface area contributed by atoms with Crippen LogP contribution in [0.2, 0.25) is 5.02 Å². The molecule has 0 radical (unpaired) electrons. The molecule has 0 aliphatic carbocycles. The summed E-state index contributed by atoms with van der Waals surface area (Å²) in [6.07, 6.45) is 4.90. The smallest absolute Gasteiger partial charge is 0.0923 e. The van der Waals surface area contributed by atoms with Crippen LogP contribution in [0.25, 0.3) is 22.5 Å². The summed E-state index contributed by atoms with van der Waals surface area (Å²) in [5, 5.41) is 5.40. The zero-order valence-electron chi connectivity index (χ0n) is 15.2. The first kappa shape index (κ1) is 18.2. The maximum atomic E-state index is 6.29. The molecule has 0 saturated carbocycles. The number of aryl methyl sites for hydroxylation is 1. The minimum absolute atomic E-state index is 0.656. The van der Waals surface area contributed by atoms with Gasteiger partial charge < -0.3 is 4.74 Å². The van der Waals surface area contributed by atoms with Crippen molar-refractivity contribution in [2.45, 2.75) is 13.0 Å². The Balaban J connectivity index is 1.42. The molecule has 0 unspecified atom stereocenters. The molecule has 5 nitrogen and oxygen atoms in total. The van der Waals surface area contributed by atoms with Gasteiger partial charge in [0.25, 0.3) is 0 Å². The SMILES string of the molecule is Clc1cccnc1-c1cccc(-c2ccn(CCCN3CCOCC3)n2)c1. The zero-order chi connectivity index (χ0) is 18.5. The molecule has 0 atom stereocenters. The fourth-order valence-electron chi connectivity index (χ4n) is 3.35. The third-order valence-electron chi connectivity index (χ3n) is 4.80. The standard InChI is InChI=1S/C21H23ClN4O/c22-19-6-2-8-23-21(19)18-5-1-4-17(16-18)20-7-11-26(24-20)10-3-9-25-12-14-27-15-13-25/h1-2,4-8,11,16H,3,9-10,12-15H2. The van der Waals surface area contributed by atoms with E-state index in [9.17, 15) is 0 Å². The van der Waals surface area contributed by atoms with E-state index in [1.807, 2.05) is 28.9 Å². The minimum atomic E-state index is 0.656. The van der Waals surface area contributed by atoms with Crippen LogP contribution in [0.4, 0.5) is 0 Å². The number of halogens is 1. The van der Waals surface area contributed by atoms with Crippen molar-refractivity contribution in [2.24, 2.45) is 0 Å². The van der Waals surface area contributed by atoms with E-state index in [0.717, 1.165) is 68.3 Å². The van der Waals surface area contributed by atoms with Crippen LogP contribution in [0.15, 0.2) is 54.9 Å². The molecule has 0 bridgehead atoms. The Morgan fingerprint density at radius 3 is 2.70 bits per heavy atom. The molecule has 3 heterocycles. The van der Waals surface area contributed by atoms with Crippen LogP contribution < -0.4 is 0 Å². The molecule has 1 saturated heterocycles. The number of hydrogen-bond acceptors (Lipinski definition) is 4. The summed E-state index contributed by atoms with van der Waals surface area (Å²) in [4.78, 5) is 6.85. The Morgan fingerprint density at radius 2 is 1.85 bits per heavy atom. The van der Waals surface area contributed by atoms with Gasteiger partial charge >= 0.3 is 0 Å². The van der Waals surface area contributed by atoms with Gasteiger partial charge in [0, 0.05) is 49.7 Å². The van der Waals surface area contributed by atoms with Crippen molar-refractivity contribution in [1.29, 1.82) is 0 Å². The molecular formula is C21H23ClN4O. The van der Waals surface area contributed by atoms with Crippen molar-refractivity contribution in [3.8, 4) is 22.5 Å². The third-order valence-corrected chi connectivity index (χ3v) is 5.10. The molecule has 1 aliphatic heterocycles. The quantitative estimate of drug-likeness (QED) is 0.646. The van der Waals surface area contributed by atoms with E-state index in [4.69, 9.17) is 21.4 Å². The summed E-state index contributed by atoms with van der Waals surface area (Å²) >= 11 is 6.29. The van der Waals surface area contributed by atoms with Crippen LogP contribution >= 0.6 is 11.6 Å². The van der Waals surface area contributed by atoms with Crippen LogP contribution in [0.3, 0.4) is 0 Å². The Labute approximate surface area is 164 Å². The van der Waals surface area contributed by atoms with Crippen molar-refractivity contribution in [1.82, 2.24) is 19.7 Å². The average molecular weight is 383 g/mol. The highest BCUT2D eigenvalue weighted by Crippen LogP contribution is 2.28. The van der Waals surface area contributed by atoms with E-state index < -0.39 is 0 Å². The van der Waals surface area contributed by atoms with Crippen LogP contribution in [-0.2, 0) is 11.3 Å². The Bertz CT molecular complexity index is 889. The fourth-order valence-corrected chi connectivity index (χ4v) is 3.58. The van der Waals surface area contributed by atoms with Crippen molar-refractivity contribution in [3.05, 3.63) is 59.9 Å². The van der Waals surface area contributed by atoms with Crippen molar-refractivity contribution >= 4 is 11.6 Å². The molecule has 3 aromatic rings. The Morgan fingerprint density at radius 1 is 1.00 bits per heavy atom. The van der Waals surface area contributed by atoms with Gasteiger partial charge in [-0.15, -0.1) is 0 Å². The summed E-state index contributed by atoms with van der Waals surface area (Å²) < 4.78 is 7.42. The maximum Gasteiger partial charge on any atom is 0.0923 e. The van der Waals surface area contributed by atoms with Crippen LogP contribution in [-0.4, -0.2) is 52.5 Å². The van der Waals surface area contributed by atoms with E-state index in [0.29, 0.717) is 5.02 Å². The van der Waals surface area contributed by atoms with Crippen molar-refractivity contribution in [3.63, 3.8) is 0 Å². The lowest BCUT2D eigenvalue weighted by molar-refractivity contribution is 0.0368. The molecule has 1 aliphatic rings. The predicted molar refractivity (Wildman–Crippen MR) is 108 cm³/mol. The van der Waals surface area contributed by atoms with Gasteiger partial charge in [-0.05, 0) is 30.7 Å². The first-order valence-electron chi connectivity index (χ1n) is 9.34. The van der Waals surface area contributed by atoms with Gasteiger partial charge in [0.15, 0.2) is 0 Å². The number of morpholine rings is 1. The van der Waals surface area contributed by atoms with Crippen LogP contribution in [0.1, 0.15) is 6.42 Å². The normalized spacial score (nSPS) is 15.1. The van der Waals surface area contributed by atoms with E-state index >= 15 is 0 Å². The zero-order valence-corrected chi connectivity index (χ0v) is 16.0. The Kier molecular flexibility index (Phi) is 5.82. The molecule has 1 fully saturated rings. The molecule has 6 heteroatoms. The summed E-state index contributed by atoms with van der Waals surface area (Å²) in [6, 6.07) is 14.0. The van der Waals surface area contributed by atoms with Gasteiger partial charge in [0.2, 0.25) is 0 Å². The van der Waals surface area contributed by atoms with Crippen LogP contribution in [0, 0.1) is 0 Å². The largest absolute Gasteiger partial charge is 0.379 e. The third kappa shape index (κ3) is 4.56. The first-order valence-corrected chi connectivity index (χ1v) is 9.72. The molecular weight excluding hydrogens is 360 g/mol. The number of pyridine rings is 1. The number of hydrogen-bond donors (Lipinski definition) is 0. The number of ether oxygens (including phenoxy) is 1. The summed E-state index contributed by atoms with van der Waals surface area (Å²) in [6.45, 7) is 5.78. The molecule has 1 aromatic carbocycles. The molecule has 0 amide bonds. The monoisotopic (exact) mass is 382 g/mol. The lowest BCUT2D eigenvalue weighted by Gasteiger charge is -2.26. The van der Waals surface area contributed by atoms with Gasteiger partial charge in [0.1, 0.15) is 0 Å². The van der Waals surface area contributed by atoms with E-state index in [1.54, 1.807) is 6.20 Å². The van der Waals surface area contributed by atoms with Gasteiger partial charge in [0.05, 0.1) is 29.6 Å². The molecule has 2 aromatic heterocycles. The molecule has 0 N–H and O–H groups in total. The second kappa shape index (κ2) is 8.65. The van der Waals surface area contributed by atoms with E-state index in [-0.39, 0.29) is 0 Å². The molecule has 4 rings (SSSR count). The van der Waals surface area contributed by atoms with Crippen molar-refractivity contribution in [2.75, 3.05) is 32.8 Å². The van der Waals surface area contributed by atoms with Gasteiger partial charge in [-0.3, -0.25) is 14.6 Å². The number of benzene rings is 1. The van der Waals surface area contributed by atoms with E-state index in [1.165, 1.54) is 0 Å². The predicted octanol–water partition coefficient (Wildman–Crippen LogP) is 3.99. The number of nitrogens with zero attached hydrogens (tertiary/aromatic N) is 4. The summed E-state index contributed by atoms with van der Waals surface area (Å²) in [5.74, 6) is 0. The number of aromatic nitrogens is 3.